The third-order valence-electron chi connectivity index (χ3n) is 4.07. The summed E-state index contributed by atoms with van der Waals surface area (Å²) in [7, 11) is 0. The normalized spacial score (nSPS) is 19.4. The van der Waals surface area contributed by atoms with E-state index < -0.39 is 0 Å². The summed E-state index contributed by atoms with van der Waals surface area (Å²) >= 11 is 1.66. The van der Waals surface area contributed by atoms with Crippen LogP contribution in [0.4, 0.5) is 0 Å². The molecule has 1 amide bonds. The second kappa shape index (κ2) is 7.16. The van der Waals surface area contributed by atoms with Gasteiger partial charge in [-0.2, -0.15) is 0 Å². The Hall–Kier alpha value is -0.970. The van der Waals surface area contributed by atoms with Crippen LogP contribution in [0.25, 0.3) is 0 Å². The van der Waals surface area contributed by atoms with E-state index in [0.29, 0.717) is 11.8 Å². The van der Waals surface area contributed by atoms with Crippen LogP contribution in [-0.2, 0) is 10.5 Å². The Morgan fingerprint density at radius 3 is 2.90 bits per heavy atom. The molecule has 20 heavy (non-hydrogen) atoms. The minimum atomic E-state index is 0.285. The summed E-state index contributed by atoms with van der Waals surface area (Å²) in [6.07, 6.45) is 4.64. The van der Waals surface area contributed by atoms with Crippen LogP contribution in [0.1, 0.15) is 49.6 Å². The molecule has 1 saturated heterocycles. The fraction of sp³-hybridized carbons (Fsp3) is 0.733. The number of nitrogens with zero attached hydrogens (tertiary/aromatic N) is 2. The number of amides is 1. The van der Waals surface area contributed by atoms with Crippen LogP contribution in [-0.4, -0.2) is 34.3 Å². The predicted octanol–water partition coefficient (Wildman–Crippen LogP) is 3.32. The highest BCUT2D eigenvalue weighted by molar-refractivity contribution is 7.99. The summed E-state index contributed by atoms with van der Waals surface area (Å²) in [4.78, 5) is 14.4. The molecule has 0 aliphatic carbocycles. The van der Waals surface area contributed by atoms with Gasteiger partial charge < -0.3 is 9.42 Å². The van der Waals surface area contributed by atoms with E-state index >= 15 is 0 Å². The smallest absolute Gasteiger partial charge is 0.232 e. The van der Waals surface area contributed by atoms with E-state index in [4.69, 9.17) is 4.52 Å². The molecule has 1 unspecified atom stereocenters. The number of likely N-dealkylation sites (tertiary alicyclic amines) is 1. The molecule has 1 aromatic rings. The first-order valence-corrected chi connectivity index (χ1v) is 8.58. The van der Waals surface area contributed by atoms with Crippen molar-refractivity contribution in [1.29, 1.82) is 0 Å². The Labute approximate surface area is 125 Å². The number of piperidine rings is 1. The van der Waals surface area contributed by atoms with Crippen molar-refractivity contribution in [1.82, 2.24) is 10.1 Å². The Morgan fingerprint density at radius 1 is 1.45 bits per heavy atom. The van der Waals surface area contributed by atoms with E-state index in [2.05, 4.69) is 17.0 Å². The number of aromatic nitrogens is 1. The maximum absolute atomic E-state index is 12.3. The topological polar surface area (TPSA) is 46.3 Å². The lowest BCUT2D eigenvalue weighted by Crippen LogP contribution is -2.44. The lowest BCUT2D eigenvalue weighted by atomic mass is 10.0. The summed E-state index contributed by atoms with van der Waals surface area (Å²) in [5, 5.41) is 3.95. The summed E-state index contributed by atoms with van der Waals surface area (Å²) in [5.41, 5.74) is 2.07. The maximum Gasteiger partial charge on any atom is 0.232 e. The minimum absolute atomic E-state index is 0.285. The van der Waals surface area contributed by atoms with Crippen LogP contribution in [0.5, 0.6) is 0 Å². The van der Waals surface area contributed by atoms with Gasteiger partial charge in [-0.1, -0.05) is 12.1 Å². The number of carbonyl (C=O) groups is 1. The molecule has 0 bridgehead atoms. The predicted molar refractivity (Wildman–Crippen MR) is 81.8 cm³/mol. The van der Waals surface area contributed by atoms with Gasteiger partial charge in [0, 0.05) is 23.9 Å². The molecular formula is C15H24N2O2S. The van der Waals surface area contributed by atoms with Gasteiger partial charge in [-0.25, -0.2) is 0 Å². The van der Waals surface area contributed by atoms with E-state index in [-0.39, 0.29) is 5.91 Å². The summed E-state index contributed by atoms with van der Waals surface area (Å²) in [6, 6.07) is 0.455. The van der Waals surface area contributed by atoms with Gasteiger partial charge in [0.15, 0.2) is 0 Å². The van der Waals surface area contributed by atoms with Crippen LogP contribution in [0.3, 0.4) is 0 Å². The zero-order chi connectivity index (χ0) is 14.5. The molecule has 2 heterocycles. The van der Waals surface area contributed by atoms with Crippen molar-refractivity contribution in [3.63, 3.8) is 0 Å². The molecule has 5 heteroatoms. The molecule has 0 saturated carbocycles. The number of hydrogen-bond donors (Lipinski definition) is 0. The molecule has 4 nitrogen and oxygen atoms in total. The average molecular weight is 296 g/mol. The van der Waals surface area contributed by atoms with Crippen molar-refractivity contribution in [2.75, 3.05) is 12.3 Å². The summed E-state index contributed by atoms with van der Waals surface area (Å²) in [5.74, 6) is 2.51. The third-order valence-corrected chi connectivity index (χ3v) is 5.02. The van der Waals surface area contributed by atoms with Gasteiger partial charge in [0.25, 0.3) is 0 Å². The molecule has 1 aromatic heterocycles. The number of aryl methyl sites for hydroxylation is 2. The van der Waals surface area contributed by atoms with Gasteiger partial charge in [-0.05, 0) is 39.5 Å². The first kappa shape index (κ1) is 15.4. The average Bonchev–Trinajstić information content (AvgIpc) is 2.78. The molecule has 1 aliphatic rings. The summed E-state index contributed by atoms with van der Waals surface area (Å²) in [6.45, 7) is 6.98. The molecule has 1 fully saturated rings. The van der Waals surface area contributed by atoms with E-state index in [0.717, 1.165) is 48.6 Å². The van der Waals surface area contributed by atoms with Crippen LogP contribution < -0.4 is 0 Å². The fourth-order valence-corrected chi connectivity index (χ4v) is 3.84. The van der Waals surface area contributed by atoms with Crippen LogP contribution in [0.2, 0.25) is 0 Å². The van der Waals surface area contributed by atoms with Crippen LogP contribution >= 0.6 is 11.8 Å². The van der Waals surface area contributed by atoms with Gasteiger partial charge >= 0.3 is 0 Å². The molecular weight excluding hydrogens is 272 g/mol. The van der Waals surface area contributed by atoms with Gasteiger partial charge in [0.2, 0.25) is 5.91 Å². The second-order valence-corrected chi connectivity index (χ2v) is 6.43. The second-order valence-electron chi connectivity index (χ2n) is 5.44. The largest absolute Gasteiger partial charge is 0.361 e. The number of rotatable bonds is 5. The Bertz CT molecular complexity index is 439. The fourth-order valence-electron chi connectivity index (χ4n) is 2.78. The highest BCUT2D eigenvalue weighted by Gasteiger charge is 2.25. The van der Waals surface area contributed by atoms with E-state index in [1.54, 1.807) is 11.8 Å². The van der Waals surface area contributed by atoms with Gasteiger partial charge in [0.05, 0.1) is 11.4 Å². The highest BCUT2D eigenvalue weighted by atomic mass is 32.2. The minimum Gasteiger partial charge on any atom is -0.361 e. The lowest BCUT2D eigenvalue weighted by molar-refractivity contribution is -0.132. The van der Waals surface area contributed by atoms with E-state index in [9.17, 15) is 4.79 Å². The quantitative estimate of drug-likeness (QED) is 0.836. The Morgan fingerprint density at radius 2 is 2.25 bits per heavy atom. The standard InChI is InChI=1S/C15H24N2O2S/c1-4-13-7-5-6-8-17(13)15(18)10-20-9-14-11(2)16-19-12(14)3/h13H,4-10H2,1-3H3. The maximum atomic E-state index is 12.3. The highest BCUT2D eigenvalue weighted by Crippen LogP contribution is 2.23. The first-order chi connectivity index (χ1) is 9.63. The third kappa shape index (κ3) is 3.57. The molecule has 112 valence electrons. The van der Waals surface area contributed by atoms with Crippen molar-refractivity contribution in [3.8, 4) is 0 Å². The Kier molecular flexibility index (Phi) is 5.52. The zero-order valence-electron chi connectivity index (χ0n) is 12.6. The van der Waals surface area contributed by atoms with E-state index in [1.165, 1.54) is 6.42 Å². The SMILES string of the molecule is CCC1CCCCN1C(=O)CSCc1c(C)noc1C. The molecule has 0 aromatic carbocycles. The number of thioether (sulfide) groups is 1. The van der Waals surface area contributed by atoms with Crippen molar-refractivity contribution in [3.05, 3.63) is 17.0 Å². The molecule has 0 radical (unpaired) electrons. The van der Waals surface area contributed by atoms with Gasteiger partial charge in [0.1, 0.15) is 5.76 Å². The zero-order valence-corrected chi connectivity index (χ0v) is 13.5. The van der Waals surface area contributed by atoms with Gasteiger partial charge in [-0.3, -0.25) is 4.79 Å². The van der Waals surface area contributed by atoms with E-state index in [1.807, 2.05) is 13.8 Å². The van der Waals surface area contributed by atoms with Crippen LogP contribution in [0, 0.1) is 13.8 Å². The molecule has 1 atom stereocenters. The molecule has 2 rings (SSSR count). The number of carbonyl (C=O) groups excluding carboxylic acids is 1. The molecule has 0 N–H and O–H groups in total. The molecule has 1 aliphatic heterocycles. The van der Waals surface area contributed by atoms with Crippen molar-refractivity contribution < 1.29 is 9.32 Å². The van der Waals surface area contributed by atoms with Crippen molar-refractivity contribution in [2.24, 2.45) is 0 Å². The van der Waals surface area contributed by atoms with Gasteiger partial charge in [-0.15, -0.1) is 11.8 Å². The lowest BCUT2D eigenvalue weighted by Gasteiger charge is -2.35. The Balaban J connectivity index is 1.83. The molecule has 0 spiro atoms. The first-order valence-electron chi connectivity index (χ1n) is 7.42. The van der Waals surface area contributed by atoms with Crippen molar-refractivity contribution in [2.45, 2.75) is 58.2 Å². The summed E-state index contributed by atoms with van der Waals surface area (Å²) < 4.78 is 5.14. The number of hydrogen-bond acceptors (Lipinski definition) is 4. The monoisotopic (exact) mass is 296 g/mol. The van der Waals surface area contributed by atoms with Crippen molar-refractivity contribution >= 4 is 17.7 Å². The van der Waals surface area contributed by atoms with Crippen LogP contribution in [0.15, 0.2) is 4.52 Å².